The van der Waals surface area contributed by atoms with Gasteiger partial charge in [0.1, 0.15) is 47.7 Å². The van der Waals surface area contributed by atoms with Gasteiger partial charge < -0.3 is 34.7 Å². The zero-order chi connectivity index (χ0) is 35.9. The van der Waals surface area contributed by atoms with Crippen molar-refractivity contribution in [3.05, 3.63) is 48.4 Å². The maximum Gasteiger partial charge on any atom is 0.459 e. The van der Waals surface area contributed by atoms with Crippen LogP contribution in [-0.4, -0.2) is 87.7 Å². The van der Waals surface area contributed by atoms with Crippen molar-refractivity contribution < 1.29 is 42.8 Å². The number of nitrogen functional groups attached to an aromatic ring is 1. The van der Waals surface area contributed by atoms with Gasteiger partial charge in [-0.1, -0.05) is 33.1 Å². The van der Waals surface area contributed by atoms with Crippen LogP contribution in [0.15, 0.2) is 47.7 Å². The average Bonchev–Trinajstić information content (AvgIpc) is 3.66. The number of nitrogens with zero attached hydrogens (tertiary/aromatic N) is 4. The minimum Gasteiger partial charge on any atom is -0.490 e. The lowest BCUT2D eigenvalue weighted by Crippen LogP contribution is -2.44. The van der Waals surface area contributed by atoms with Gasteiger partial charge in [0.15, 0.2) is 11.4 Å². The Kier molecular flexibility index (Phi) is 12.5. The molecule has 5 rings (SSSR count). The van der Waals surface area contributed by atoms with Crippen LogP contribution in [0.25, 0.3) is 5.52 Å². The Morgan fingerprint density at radius 3 is 2.54 bits per heavy atom. The summed E-state index contributed by atoms with van der Waals surface area (Å²) in [5.74, 6) is 0.597. The summed E-state index contributed by atoms with van der Waals surface area (Å²) >= 11 is 0. The maximum absolute atomic E-state index is 14.4. The summed E-state index contributed by atoms with van der Waals surface area (Å²) in [6.07, 6.45) is 4.26. The number of carbonyl (C=O) groups excluding carboxylic acids is 1. The molecule has 1 saturated carbocycles. The zero-order valence-electron chi connectivity index (χ0n) is 28.8. The van der Waals surface area contributed by atoms with E-state index in [0.29, 0.717) is 17.0 Å². The number of aliphatic imine (C=N–C) groups is 1. The molecule has 2 aliphatic rings. The molecule has 0 amide bonds. The molecular formula is C34H49N6O9P. The van der Waals surface area contributed by atoms with Crippen LogP contribution in [0.1, 0.15) is 71.4 Å². The lowest BCUT2D eigenvalue weighted by molar-refractivity contribution is -0.146. The molecule has 3 aromatic rings. The third-order valence-corrected chi connectivity index (χ3v) is 11.1. The van der Waals surface area contributed by atoms with E-state index < -0.39 is 50.3 Å². The molecule has 0 radical (unpaired) electrons. The van der Waals surface area contributed by atoms with Crippen molar-refractivity contribution in [2.45, 2.75) is 102 Å². The minimum atomic E-state index is -4.37. The number of esters is 1. The van der Waals surface area contributed by atoms with Crippen LogP contribution in [0.5, 0.6) is 11.5 Å². The lowest BCUT2D eigenvalue weighted by atomic mass is 9.91. The number of aliphatic hydroxyl groups is 2. The fourth-order valence-electron chi connectivity index (χ4n) is 6.38. The summed E-state index contributed by atoms with van der Waals surface area (Å²) in [4.78, 5) is 20.9. The molecule has 0 spiro atoms. The van der Waals surface area contributed by atoms with Gasteiger partial charge in [0.2, 0.25) is 0 Å². The summed E-state index contributed by atoms with van der Waals surface area (Å²) in [6, 6.07) is 8.84. The van der Waals surface area contributed by atoms with E-state index >= 15 is 0 Å². The summed E-state index contributed by atoms with van der Waals surface area (Å²) in [6.45, 7) is 8.63. The highest BCUT2D eigenvalue weighted by molar-refractivity contribution is 7.52. The Bertz CT molecular complexity index is 1630. The number of hydrogen-bond donors (Lipinski definition) is 4. The first-order chi connectivity index (χ1) is 24.0. The quantitative estimate of drug-likeness (QED) is 0.0881. The molecule has 6 atom stereocenters. The number of nitrogens with one attached hydrogen (secondary N) is 1. The third-order valence-electron chi connectivity index (χ3n) is 9.44. The highest BCUT2D eigenvalue weighted by atomic mass is 31.2. The van der Waals surface area contributed by atoms with Crippen molar-refractivity contribution in [1.29, 1.82) is 0 Å². The molecule has 15 nitrogen and oxygen atoms in total. The first kappa shape index (κ1) is 37.7. The highest BCUT2D eigenvalue weighted by Crippen LogP contribution is 2.48. The molecule has 50 heavy (non-hydrogen) atoms. The van der Waals surface area contributed by atoms with Crippen LogP contribution in [0.2, 0.25) is 0 Å². The number of aliphatic hydroxyl groups excluding tert-OH is 2. The number of anilines is 1. The van der Waals surface area contributed by atoms with Crippen LogP contribution < -0.4 is 20.1 Å². The second kappa shape index (κ2) is 16.6. The summed E-state index contributed by atoms with van der Waals surface area (Å²) in [5.41, 5.74) is 5.19. The van der Waals surface area contributed by atoms with Crippen LogP contribution in [0.3, 0.4) is 0 Å². The Morgan fingerprint density at radius 2 is 1.86 bits per heavy atom. The smallest absolute Gasteiger partial charge is 0.459 e. The summed E-state index contributed by atoms with van der Waals surface area (Å²) in [7, 11) is -4.37. The molecule has 0 bridgehead atoms. The standard InChI is InChI=1S/C34H49N6O9P/c1-5-23(6-2)18-45-33(43)22(3)39-50(44,49-26-14-12-25(13-15-26)47-24-10-8-7-9-11-24)46-19-28-30(41)31(42)34(48-28,20-36-4)29-17-16-27-32(35)37-21-38-40(27)29/h12-17,21-24,28,30-31,41-42H,4-11,18-20H2,1-3H3,(H,39,44)(H2,35,37,38)/t22-,28+,30+,31+,34-,50?/m0/s1. The largest absolute Gasteiger partial charge is 0.490 e. The normalized spacial score (nSPS) is 24.6. The fraction of sp³-hybridized carbons (Fsp3) is 0.588. The van der Waals surface area contributed by atoms with Crippen molar-refractivity contribution in [3.63, 3.8) is 0 Å². The number of benzene rings is 1. The first-order valence-electron chi connectivity index (χ1n) is 17.2. The zero-order valence-corrected chi connectivity index (χ0v) is 29.7. The van der Waals surface area contributed by atoms with Crippen LogP contribution in [-0.2, 0) is 29.0 Å². The van der Waals surface area contributed by atoms with Crippen molar-refractivity contribution in [3.8, 4) is 11.5 Å². The second-order valence-electron chi connectivity index (χ2n) is 12.9. The van der Waals surface area contributed by atoms with Gasteiger partial charge in [-0.25, -0.2) is 14.1 Å². The van der Waals surface area contributed by atoms with E-state index in [9.17, 15) is 19.6 Å². The summed E-state index contributed by atoms with van der Waals surface area (Å²) < 4.78 is 45.5. The van der Waals surface area contributed by atoms with Gasteiger partial charge in [-0.05, 0) is 81.6 Å². The van der Waals surface area contributed by atoms with Crippen LogP contribution in [0.4, 0.5) is 5.82 Å². The lowest BCUT2D eigenvalue weighted by Gasteiger charge is -2.30. The molecule has 1 aromatic carbocycles. The van der Waals surface area contributed by atoms with Gasteiger partial charge in [-0.15, -0.1) is 0 Å². The number of hydrogen-bond acceptors (Lipinski definition) is 13. The molecule has 2 aromatic heterocycles. The van der Waals surface area contributed by atoms with E-state index in [4.69, 9.17) is 29.0 Å². The Morgan fingerprint density at radius 1 is 1.16 bits per heavy atom. The topological polar surface area (TPSA) is 201 Å². The molecule has 274 valence electrons. The minimum absolute atomic E-state index is 0.143. The number of nitrogens with two attached hydrogens (primary N) is 1. The number of rotatable bonds is 17. The third kappa shape index (κ3) is 8.47. The van der Waals surface area contributed by atoms with E-state index in [0.717, 1.165) is 38.5 Å². The van der Waals surface area contributed by atoms with E-state index in [1.54, 1.807) is 36.4 Å². The van der Waals surface area contributed by atoms with E-state index in [1.165, 1.54) is 24.2 Å². The Labute approximate surface area is 292 Å². The van der Waals surface area contributed by atoms with Gasteiger partial charge >= 0.3 is 13.7 Å². The number of aromatic nitrogens is 3. The van der Waals surface area contributed by atoms with Gasteiger partial charge in [0.05, 0.1) is 31.6 Å². The van der Waals surface area contributed by atoms with Crippen molar-refractivity contribution in [2.75, 3.05) is 25.5 Å². The van der Waals surface area contributed by atoms with Crippen molar-refractivity contribution in [2.24, 2.45) is 10.9 Å². The predicted octanol–water partition coefficient (Wildman–Crippen LogP) is 4.20. The van der Waals surface area contributed by atoms with Crippen molar-refractivity contribution >= 4 is 31.8 Å². The van der Waals surface area contributed by atoms with E-state index in [2.05, 4.69) is 26.9 Å². The molecule has 16 heteroatoms. The monoisotopic (exact) mass is 716 g/mol. The number of ether oxygens (including phenoxy) is 3. The molecule has 1 aliphatic carbocycles. The van der Waals surface area contributed by atoms with E-state index in [-0.39, 0.29) is 36.7 Å². The molecule has 1 unspecified atom stereocenters. The van der Waals surface area contributed by atoms with Crippen molar-refractivity contribution in [1.82, 2.24) is 19.7 Å². The highest BCUT2D eigenvalue weighted by Gasteiger charge is 2.57. The fourth-order valence-corrected chi connectivity index (χ4v) is 7.88. The molecule has 3 heterocycles. The van der Waals surface area contributed by atoms with Gasteiger partial charge in [-0.2, -0.15) is 10.2 Å². The molecular weight excluding hydrogens is 667 g/mol. The second-order valence-corrected chi connectivity index (χ2v) is 14.6. The number of carbonyl (C=O) groups is 1. The molecule has 5 N–H and O–H groups in total. The summed E-state index contributed by atoms with van der Waals surface area (Å²) in [5, 5.41) is 29.5. The van der Waals surface area contributed by atoms with Gasteiger partial charge in [0, 0.05) is 0 Å². The van der Waals surface area contributed by atoms with Crippen LogP contribution in [0, 0.1) is 5.92 Å². The maximum atomic E-state index is 14.4. The Hall–Kier alpha value is -3.59. The first-order valence-corrected chi connectivity index (χ1v) is 18.8. The molecule has 1 aliphatic heterocycles. The predicted molar refractivity (Wildman–Crippen MR) is 186 cm³/mol. The van der Waals surface area contributed by atoms with Gasteiger partial charge in [-0.3, -0.25) is 14.3 Å². The number of fused-ring (bicyclic) bond motifs is 1. The molecule has 1 saturated heterocycles. The van der Waals surface area contributed by atoms with Crippen LogP contribution >= 0.6 is 7.75 Å². The van der Waals surface area contributed by atoms with E-state index in [1.807, 2.05) is 13.8 Å². The Balaban J connectivity index is 1.34. The SMILES string of the molecule is C=NC[C@@]1(c2ccc3c(N)ncnn23)O[C@H](COP(=O)(N[C@@H](C)C(=O)OCC(CC)CC)Oc2ccc(OC3CCCCC3)cc2)[C@@H](O)[C@H]1O. The average molecular weight is 717 g/mol. The molecule has 2 fully saturated rings. The van der Waals surface area contributed by atoms with Gasteiger partial charge in [0.25, 0.3) is 0 Å².